The summed E-state index contributed by atoms with van der Waals surface area (Å²) in [5.74, 6) is 0.652. The second-order valence-electron chi connectivity index (χ2n) is 3.53. The van der Waals surface area contributed by atoms with E-state index in [4.69, 9.17) is 17.3 Å². The lowest BCUT2D eigenvalue weighted by Gasteiger charge is -2.12. The van der Waals surface area contributed by atoms with Crippen molar-refractivity contribution in [2.24, 2.45) is 11.7 Å². The lowest BCUT2D eigenvalue weighted by atomic mass is 10.0. The van der Waals surface area contributed by atoms with Crippen molar-refractivity contribution in [1.29, 1.82) is 0 Å². The minimum absolute atomic E-state index is 0.126. The topological polar surface area (TPSA) is 26.0 Å². The fourth-order valence-electron chi connectivity index (χ4n) is 1.48. The van der Waals surface area contributed by atoms with Crippen LogP contribution in [0.5, 0.6) is 0 Å². The maximum absolute atomic E-state index is 6.09. The summed E-state index contributed by atoms with van der Waals surface area (Å²) in [4.78, 5) is 0. The Bertz CT molecular complexity index is 323. The molecule has 0 amide bonds. The van der Waals surface area contributed by atoms with E-state index < -0.39 is 0 Å². The summed E-state index contributed by atoms with van der Waals surface area (Å²) >= 11 is 9.46. The van der Waals surface area contributed by atoms with Crippen LogP contribution in [0.4, 0.5) is 0 Å². The molecule has 1 fully saturated rings. The normalized spacial score (nSPS) is 18.7. The SMILES string of the molecule is N[C@H](c1ccc(Br)cc1Cl)C1CC1. The maximum Gasteiger partial charge on any atom is 0.0465 e. The van der Waals surface area contributed by atoms with Crippen LogP contribution in [-0.4, -0.2) is 0 Å². The van der Waals surface area contributed by atoms with Crippen LogP contribution in [0.2, 0.25) is 5.02 Å². The fraction of sp³-hybridized carbons (Fsp3) is 0.400. The summed E-state index contributed by atoms with van der Waals surface area (Å²) in [5, 5.41) is 0.772. The molecule has 1 aliphatic carbocycles. The molecule has 1 saturated carbocycles. The summed E-state index contributed by atoms with van der Waals surface area (Å²) in [7, 11) is 0. The van der Waals surface area contributed by atoms with Crippen molar-refractivity contribution in [1.82, 2.24) is 0 Å². The third kappa shape index (κ3) is 2.06. The molecule has 0 heterocycles. The molecule has 70 valence electrons. The standard InChI is InChI=1S/C10H11BrClN/c11-7-3-4-8(9(12)5-7)10(13)6-1-2-6/h3-6,10H,1-2,13H2/t10-/m0/s1. The van der Waals surface area contributed by atoms with E-state index in [1.807, 2.05) is 18.2 Å². The number of nitrogens with two attached hydrogens (primary N) is 1. The molecule has 2 N–H and O–H groups in total. The van der Waals surface area contributed by atoms with Crippen molar-refractivity contribution in [2.75, 3.05) is 0 Å². The van der Waals surface area contributed by atoms with Crippen LogP contribution in [0.25, 0.3) is 0 Å². The smallest absolute Gasteiger partial charge is 0.0465 e. The van der Waals surface area contributed by atoms with Crippen LogP contribution in [0.1, 0.15) is 24.4 Å². The van der Waals surface area contributed by atoms with Crippen molar-refractivity contribution in [3.63, 3.8) is 0 Å². The zero-order valence-corrected chi connectivity index (χ0v) is 9.48. The van der Waals surface area contributed by atoms with Gasteiger partial charge in [0.25, 0.3) is 0 Å². The van der Waals surface area contributed by atoms with Crippen molar-refractivity contribution in [3.8, 4) is 0 Å². The van der Waals surface area contributed by atoms with Gasteiger partial charge in [-0.15, -0.1) is 0 Å². The van der Waals surface area contributed by atoms with Gasteiger partial charge in [-0.25, -0.2) is 0 Å². The zero-order chi connectivity index (χ0) is 9.42. The molecule has 3 heteroatoms. The van der Waals surface area contributed by atoms with Crippen molar-refractivity contribution < 1.29 is 0 Å². The van der Waals surface area contributed by atoms with Crippen LogP contribution in [0, 0.1) is 5.92 Å². The van der Waals surface area contributed by atoms with Crippen molar-refractivity contribution >= 4 is 27.5 Å². The molecule has 1 aliphatic rings. The van der Waals surface area contributed by atoms with Crippen LogP contribution in [0.3, 0.4) is 0 Å². The second kappa shape index (κ2) is 3.60. The molecule has 0 spiro atoms. The Morgan fingerprint density at radius 2 is 2.15 bits per heavy atom. The molecule has 0 saturated heterocycles. The molecular formula is C10H11BrClN. The minimum atomic E-state index is 0.126. The van der Waals surface area contributed by atoms with Gasteiger partial charge < -0.3 is 5.73 Å². The minimum Gasteiger partial charge on any atom is -0.324 e. The van der Waals surface area contributed by atoms with E-state index in [9.17, 15) is 0 Å². The van der Waals surface area contributed by atoms with E-state index in [2.05, 4.69) is 15.9 Å². The summed E-state index contributed by atoms with van der Waals surface area (Å²) in [5.41, 5.74) is 7.13. The van der Waals surface area contributed by atoms with Gasteiger partial charge >= 0.3 is 0 Å². The summed E-state index contributed by atoms with van der Waals surface area (Å²) in [6.45, 7) is 0. The molecule has 1 aromatic rings. The van der Waals surface area contributed by atoms with E-state index in [-0.39, 0.29) is 6.04 Å². The van der Waals surface area contributed by atoms with Gasteiger partial charge in [0.1, 0.15) is 0 Å². The molecule has 2 rings (SSSR count). The molecule has 1 aromatic carbocycles. The van der Waals surface area contributed by atoms with Gasteiger partial charge in [0.2, 0.25) is 0 Å². The summed E-state index contributed by atoms with van der Waals surface area (Å²) in [6, 6.07) is 6.03. The lowest BCUT2D eigenvalue weighted by molar-refractivity contribution is 0.633. The van der Waals surface area contributed by atoms with E-state index in [0.717, 1.165) is 15.1 Å². The number of benzene rings is 1. The number of rotatable bonds is 2. The van der Waals surface area contributed by atoms with Gasteiger partial charge in [-0.1, -0.05) is 33.6 Å². The van der Waals surface area contributed by atoms with E-state index in [1.54, 1.807) is 0 Å². The Hall–Kier alpha value is -0.0500. The molecule has 0 radical (unpaired) electrons. The van der Waals surface area contributed by atoms with Gasteiger partial charge in [0, 0.05) is 15.5 Å². The number of halogens is 2. The predicted molar refractivity (Wildman–Crippen MR) is 58.8 cm³/mol. The van der Waals surface area contributed by atoms with Gasteiger partial charge in [-0.3, -0.25) is 0 Å². The average Bonchev–Trinajstić information content (AvgIpc) is 2.85. The summed E-state index contributed by atoms with van der Waals surface area (Å²) in [6.07, 6.45) is 2.49. The highest BCUT2D eigenvalue weighted by atomic mass is 79.9. The molecular weight excluding hydrogens is 249 g/mol. The molecule has 0 unspecified atom stereocenters. The molecule has 0 aromatic heterocycles. The first-order valence-corrected chi connectivity index (χ1v) is 5.56. The first kappa shape index (κ1) is 9.50. The average molecular weight is 261 g/mol. The Kier molecular flexibility index (Phi) is 2.63. The van der Waals surface area contributed by atoms with Crippen LogP contribution < -0.4 is 5.73 Å². The second-order valence-corrected chi connectivity index (χ2v) is 4.85. The summed E-state index contributed by atoms with van der Waals surface area (Å²) < 4.78 is 1.00. The third-order valence-corrected chi connectivity index (χ3v) is 3.27. The van der Waals surface area contributed by atoms with Crippen LogP contribution in [0.15, 0.2) is 22.7 Å². The molecule has 0 aliphatic heterocycles. The zero-order valence-electron chi connectivity index (χ0n) is 7.13. The van der Waals surface area contributed by atoms with E-state index in [1.165, 1.54) is 12.8 Å². The highest BCUT2D eigenvalue weighted by Gasteiger charge is 2.30. The van der Waals surface area contributed by atoms with Gasteiger partial charge in [0.15, 0.2) is 0 Å². The molecule has 1 atom stereocenters. The third-order valence-electron chi connectivity index (χ3n) is 2.45. The van der Waals surface area contributed by atoms with Crippen molar-refractivity contribution in [3.05, 3.63) is 33.3 Å². The fourth-order valence-corrected chi connectivity index (χ4v) is 2.28. The Morgan fingerprint density at radius 3 is 2.69 bits per heavy atom. The first-order chi connectivity index (χ1) is 6.18. The van der Waals surface area contributed by atoms with E-state index >= 15 is 0 Å². The van der Waals surface area contributed by atoms with E-state index in [0.29, 0.717) is 5.92 Å². The Balaban J connectivity index is 2.28. The Morgan fingerprint density at radius 1 is 1.46 bits per heavy atom. The lowest BCUT2D eigenvalue weighted by Crippen LogP contribution is -2.12. The maximum atomic E-state index is 6.09. The largest absolute Gasteiger partial charge is 0.324 e. The Labute approximate surface area is 91.4 Å². The van der Waals surface area contributed by atoms with Gasteiger partial charge in [-0.2, -0.15) is 0 Å². The molecule has 1 nitrogen and oxygen atoms in total. The predicted octanol–water partition coefficient (Wildman–Crippen LogP) is 3.51. The van der Waals surface area contributed by atoms with Crippen molar-refractivity contribution in [2.45, 2.75) is 18.9 Å². The van der Waals surface area contributed by atoms with Crippen LogP contribution in [-0.2, 0) is 0 Å². The molecule has 13 heavy (non-hydrogen) atoms. The quantitative estimate of drug-likeness (QED) is 0.865. The van der Waals surface area contributed by atoms with Gasteiger partial charge in [-0.05, 0) is 36.5 Å². The highest BCUT2D eigenvalue weighted by molar-refractivity contribution is 9.10. The first-order valence-electron chi connectivity index (χ1n) is 4.39. The number of hydrogen-bond acceptors (Lipinski definition) is 1. The highest BCUT2D eigenvalue weighted by Crippen LogP contribution is 2.41. The van der Waals surface area contributed by atoms with Crippen LogP contribution >= 0.6 is 27.5 Å². The number of hydrogen-bond donors (Lipinski definition) is 1. The van der Waals surface area contributed by atoms with Gasteiger partial charge in [0.05, 0.1) is 0 Å². The monoisotopic (exact) mass is 259 g/mol. The molecule has 0 bridgehead atoms.